The van der Waals surface area contributed by atoms with E-state index in [4.69, 9.17) is 21.1 Å². The lowest BCUT2D eigenvalue weighted by atomic mass is 10.1. The summed E-state index contributed by atoms with van der Waals surface area (Å²) in [6.45, 7) is 2.99. The lowest BCUT2D eigenvalue weighted by Gasteiger charge is -2.29. The van der Waals surface area contributed by atoms with Crippen molar-refractivity contribution in [2.24, 2.45) is 0 Å². The van der Waals surface area contributed by atoms with E-state index in [-0.39, 0.29) is 5.57 Å². The molecule has 1 aliphatic rings. The van der Waals surface area contributed by atoms with Crippen molar-refractivity contribution in [1.82, 2.24) is 9.55 Å². The first-order chi connectivity index (χ1) is 10.9. The summed E-state index contributed by atoms with van der Waals surface area (Å²) in [5.41, 5.74) is 1.13. The van der Waals surface area contributed by atoms with Crippen molar-refractivity contribution in [3.05, 3.63) is 53.1 Å². The van der Waals surface area contributed by atoms with Crippen molar-refractivity contribution in [2.75, 3.05) is 0 Å². The second kappa shape index (κ2) is 5.55. The fraction of sp³-hybridized carbons (Fsp3) is 0.188. The summed E-state index contributed by atoms with van der Waals surface area (Å²) in [4.78, 5) is 27.8. The summed E-state index contributed by atoms with van der Waals surface area (Å²) in [6.07, 6.45) is 6.43. The molecule has 0 unspecified atom stereocenters. The molecule has 118 valence electrons. The van der Waals surface area contributed by atoms with Crippen LogP contribution in [0.4, 0.5) is 0 Å². The van der Waals surface area contributed by atoms with Gasteiger partial charge in [-0.15, -0.1) is 0 Å². The summed E-state index contributed by atoms with van der Waals surface area (Å²) in [6, 6.07) is 5.20. The summed E-state index contributed by atoms with van der Waals surface area (Å²) in [5, 5.41) is 0.383. The predicted octanol–water partition coefficient (Wildman–Crippen LogP) is 2.75. The van der Waals surface area contributed by atoms with E-state index < -0.39 is 17.7 Å². The third kappa shape index (κ3) is 3.12. The lowest BCUT2D eigenvalue weighted by molar-refractivity contribution is -0.222. The second-order valence-electron chi connectivity index (χ2n) is 5.41. The van der Waals surface area contributed by atoms with Crippen LogP contribution in [-0.4, -0.2) is 27.3 Å². The molecular formula is C16H13ClN2O4. The number of nitrogens with zero attached hydrogens (tertiary/aromatic N) is 2. The highest BCUT2D eigenvalue weighted by molar-refractivity contribution is 6.32. The molecule has 0 atom stereocenters. The Morgan fingerprint density at radius 2 is 1.91 bits per heavy atom. The SMILES string of the molecule is CC1(C)OC(=O)C(=Cc2ccc(-n3ccnc3)cc2Cl)C(=O)O1. The third-order valence-corrected chi connectivity index (χ3v) is 3.53. The zero-order valence-corrected chi connectivity index (χ0v) is 13.2. The van der Waals surface area contributed by atoms with Gasteiger partial charge >= 0.3 is 11.9 Å². The number of esters is 2. The van der Waals surface area contributed by atoms with Gasteiger partial charge in [-0.1, -0.05) is 17.7 Å². The highest BCUT2D eigenvalue weighted by Gasteiger charge is 2.38. The van der Waals surface area contributed by atoms with Gasteiger partial charge in [-0.3, -0.25) is 0 Å². The van der Waals surface area contributed by atoms with Gasteiger partial charge in [0.15, 0.2) is 0 Å². The van der Waals surface area contributed by atoms with Crippen LogP contribution in [0.3, 0.4) is 0 Å². The number of carbonyl (C=O) groups is 2. The van der Waals surface area contributed by atoms with E-state index in [1.807, 2.05) is 0 Å². The molecule has 6 nitrogen and oxygen atoms in total. The molecule has 1 aliphatic heterocycles. The van der Waals surface area contributed by atoms with Crippen LogP contribution >= 0.6 is 11.6 Å². The van der Waals surface area contributed by atoms with Crippen molar-refractivity contribution >= 4 is 29.6 Å². The maximum absolute atomic E-state index is 11.9. The van der Waals surface area contributed by atoms with Crippen LogP contribution in [0.1, 0.15) is 19.4 Å². The number of aromatic nitrogens is 2. The first kappa shape index (κ1) is 15.3. The van der Waals surface area contributed by atoms with E-state index in [1.165, 1.54) is 19.9 Å². The monoisotopic (exact) mass is 332 g/mol. The molecule has 1 aromatic carbocycles. The number of cyclic esters (lactones) is 2. The second-order valence-corrected chi connectivity index (χ2v) is 5.82. The van der Waals surface area contributed by atoms with Crippen LogP contribution in [0.5, 0.6) is 0 Å². The molecule has 2 heterocycles. The molecule has 1 aromatic heterocycles. The van der Waals surface area contributed by atoms with E-state index in [0.717, 1.165) is 5.69 Å². The van der Waals surface area contributed by atoms with Crippen LogP contribution in [0.15, 0.2) is 42.5 Å². The number of carbonyl (C=O) groups excluding carboxylic acids is 2. The summed E-state index contributed by atoms with van der Waals surface area (Å²) >= 11 is 6.23. The topological polar surface area (TPSA) is 70.4 Å². The van der Waals surface area contributed by atoms with Gasteiger partial charge in [0.1, 0.15) is 5.57 Å². The van der Waals surface area contributed by atoms with Gasteiger partial charge in [0.2, 0.25) is 0 Å². The van der Waals surface area contributed by atoms with Crippen LogP contribution < -0.4 is 0 Å². The maximum atomic E-state index is 11.9. The van der Waals surface area contributed by atoms with Gasteiger partial charge in [0.25, 0.3) is 5.79 Å². The minimum Gasteiger partial charge on any atom is -0.419 e. The van der Waals surface area contributed by atoms with Crippen molar-refractivity contribution < 1.29 is 19.1 Å². The first-order valence-corrected chi connectivity index (χ1v) is 7.20. The van der Waals surface area contributed by atoms with E-state index >= 15 is 0 Å². The van der Waals surface area contributed by atoms with Crippen molar-refractivity contribution in [3.8, 4) is 5.69 Å². The Morgan fingerprint density at radius 3 is 2.48 bits per heavy atom. The van der Waals surface area contributed by atoms with E-state index in [9.17, 15) is 9.59 Å². The molecule has 0 spiro atoms. The smallest absolute Gasteiger partial charge is 0.348 e. The molecule has 2 aromatic rings. The van der Waals surface area contributed by atoms with Crippen molar-refractivity contribution in [3.63, 3.8) is 0 Å². The number of rotatable bonds is 2. The van der Waals surface area contributed by atoms with E-state index in [2.05, 4.69) is 4.98 Å². The molecule has 23 heavy (non-hydrogen) atoms. The molecule has 1 saturated heterocycles. The molecule has 0 N–H and O–H groups in total. The number of benzene rings is 1. The number of hydrogen-bond donors (Lipinski definition) is 0. The predicted molar refractivity (Wildman–Crippen MR) is 82.8 cm³/mol. The molecule has 1 fully saturated rings. The highest BCUT2D eigenvalue weighted by Crippen LogP contribution is 2.27. The quantitative estimate of drug-likeness (QED) is 0.480. The Bertz CT molecular complexity index is 787. The summed E-state index contributed by atoms with van der Waals surface area (Å²) in [5.74, 6) is -2.73. The van der Waals surface area contributed by atoms with Gasteiger partial charge in [-0.25, -0.2) is 14.6 Å². The Labute approximate surface area is 137 Å². The Kier molecular flexibility index (Phi) is 3.69. The van der Waals surface area contributed by atoms with E-state index in [0.29, 0.717) is 10.6 Å². The molecule has 0 amide bonds. The molecular weight excluding hydrogens is 320 g/mol. The standard InChI is InChI=1S/C16H13ClN2O4/c1-16(2)22-14(20)12(15(21)23-16)7-10-3-4-11(8-13(10)17)19-6-5-18-9-19/h3-9H,1-2H3. The maximum Gasteiger partial charge on any atom is 0.348 e. The zero-order chi connectivity index (χ0) is 16.6. The van der Waals surface area contributed by atoms with Crippen LogP contribution in [0.25, 0.3) is 11.8 Å². The fourth-order valence-electron chi connectivity index (χ4n) is 2.14. The van der Waals surface area contributed by atoms with Gasteiger partial charge in [0.05, 0.1) is 6.33 Å². The van der Waals surface area contributed by atoms with E-state index in [1.54, 1.807) is 41.5 Å². The Morgan fingerprint density at radius 1 is 1.22 bits per heavy atom. The van der Waals surface area contributed by atoms with Crippen LogP contribution in [0.2, 0.25) is 5.02 Å². The third-order valence-electron chi connectivity index (χ3n) is 3.20. The minimum absolute atomic E-state index is 0.193. The number of ether oxygens (including phenoxy) is 2. The molecule has 0 saturated carbocycles. The average molecular weight is 333 g/mol. The average Bonchev–Trinajstić information content (AvgIpc) is 2.97. The van der Waals surface area contributed by atoms with Gasteiger partial charge in [0, 0.05) is 37.0 Å². The molecule has 7 heteroatoms. The molecule has 0 bridgehead atoms. The normalized spacial score (nSPS) is 16.7. The Hall–Kier alpha value is -2.60. The van der Waals surface area contributed by atoms with Crippen LogP contribution in [-0.2, 0) is 19.1 Å². The van der Waals surface area contributed by atoms with Gasteiger partial charge < -0.3 is 14.0 Å². The highest BCUT2D eigenvalue weighted by atomic mass is 35.5. The zero-order valence-electron chi connectivity index (χ0n) is 12.4. The molecule has 0 aliphatic carbocycles. The molecule has 3 rings (SSSR count). The fourth-order valence-corrected chi connectivity index (χ4v) is 2.37. The summed E-state index contributed by atoms with van der Waals surface area (Å²) < 4.78 is 11.9. The summed E-state index contributed by atoms with van der Waals surface area (Å²) in [7, 11) is 0. The lowest BCUT2D eigenvalue weighted by Crippen LogP contribution is -2.41. The van der Waals surface area contributed by atoms with Gasteiger partial charge in [-0.05, 0) is 23.8 Å². The first-order valence-electron chi connectivity index (χ1n) is 6.82. The van der Waals surface area contributed by atoms with Crippen molar-refractivity contribution in [2.45, 2.75) is 19.6 Å². The molecule has 0 radical (unpaired) electrons. The largest absolute Gasteiger partial charge is 0.419 e. The number of hydrogen-bond acceptors (Lipinski definition) is 5. The van der Waals surface area contributed by atoms with Gasteiger partial charge in [-0.2, -0.15) is 0 Å². The van der Waals surface area contributed by atoms with Crippen LogP contribution in [0, 0.1) is 0 Å². The Balaban J connectivity index is 1.94. The number of imidazole rings is 1. The van der Waals surface area contributed by atoms with Crippen molar-refractivity contribution in [1.29, 1.82) is 0 Å². The minimum atomic E-state index is -1.26. The number of halogens is 1.